The van der Waals surface area contributed by atoms with Crippen LogP contribution in [0.5, 0.6) is 11.5 Å². The highest BCUT2D eigenvalue weighted by Gasteiger charge is 2.27. The number of ether oxygens (including phenoxy) is 1. The van der Waals surface area contributed by atoms with Gasteiger partial charge in [-0.15, -0.1) is 11.8 Å². The van der Waals surface area contributed by atoms with Crippen molar-refractivity contribution in [2.24, 2.45) is 0 Å². The van der Waals surface area contributed by atoms with E-state index in [0.717, 1.165) is 28.4 Å². The second-order valence-corrected chi connectivity index (χ2v) is 7.14. The lowest BCUT2D eigenvalue weighted by atomic mass is 9.94. The van der Waals surface area contributed by atoms with E-state index in [1.165, 1.54) is 5.56 Å². The van der Waals surface area contributed by atoms with Crippen molar-refractivity contribution in [1.29, 1.82) is 0 Å². The Bertz CT molecular complexity index is 865. The summed E-state index contributed by atoms with van der Waals surface area (Å²) in [6.45, 7) is 0. The summed E-state index contributed by atoms with van der Waals surface area (Å²) >= 11 is 1.62. The molecule has 1 amide bonds. The molecule has 0 saturated carbocycles. The molecule has 0 radical (unpaired) electrons. The summed E-state index contributed by atoms with van der Waals surface area (Å²) in [7, 11) is 0. The quantitative estimate of drug-likeness (QED) is 0.700. The maximum atomic E-state index is 12.5. The number of fused-ring (bicyclic) bond motifs is 2. The first kappa shape index (κ1) is 16.7. The molecule has 3 aromatic rings. The third-order valence-corrected chi connectivity index (χ3v) is 5.33. The van der Waals surface area contributed by atoms with Crippen LogP contribution in [-0.2, 0) is 10.5 Å². The zero-order chi connectivity index (χ0) is 17.8. The van der Waals surface area contributed by atoms with Gasteiger partial charge in [0.05, 0.1) is 11.8 Å². The molecule has 130 valence electrons. The Hall–Kier alpha value is -2.72. The first-order valence-electron chi connectivity index (χ1n) is 8.58. The standard InChI is InChI=1S/C22H19NO2S/c24-21(15-26-14-16-8-2-1-3-9-16)23-22-17-10-4-6-12-19(17)25-20-13-7-5-11-18(20)22/h1-13,22H,14-15H2,(H,23,24). The predicted octanol–water partition coefficient (Wildman–Crippen LogP) is 4.93. The molecule has 4 rings (SSSR count). The maximum Gasteiger partial charge on any atom is 0.230 e. The fourth-order valence-electron chi connectivity index (χ4n) is 3.10. The van der Waals surface area contributed by atoms with Gasteiger partial charge in [-0.2, -0.15) is 0 Å². The van der Waals surface area contributed by atoms with E-state index in [0.29, 0.717) is 5.75 Å². The van der Waals surface area contributed by atoms with Crippen LogP contribution in [0.3, 0.4) is 0 Å². The molecule has 1 aliphatic rings. The summed E-state index contributed by atoms with van der Waals surface area (Å²) < 4.78 is 5.97. The number of rotatable bonds is 5. The molecule has 1 N–H and O–H groups in total. The normalized spacial score (nSPS) is 12.6. The Balaban J connectivity index is 1.46. The van der Waals surface area contributed by atoms with Crippen molar-refractivity contribution in [2.45, 2.75) is 11.8 Å². The summed E-state index contributed by atoms with van der Waals surface area (Å²) in [6, 6.07) is 25.7. The maximum absolute atomic E-state index is 12.5. The topological polar surface area (TPSA) is 38.3 Å². The van der Waals surface area contributed by atoms with Gasteiger partial charge in [-0.1, -0.05) is 66.7 Å². The lowest BCUT2D eigenvalue weighted by Crippen LogP contribution is -2.32. The van der Waals surface area contributed by atoms with Crippen molar-refractivity contribution in [3.63, 3.8) is 0 Å². The summed E-state index contributed by atoms with van der Waals surface area (Å²) in [4.78, 5) is 12.5. The van der Waals surface area contributed by atoms with Crippen LogP contribution in [0.1, 0.15) is 22.7 Å². The molecule has 0 fully saturated rings. The number of carbonyl (C=O) groups excluding carboxylic acids is 1. The number of carbonyl (C=O) groups is 1. The van der Waals surface area contributed by atoms with E-state index < -0.39 is 0 Å². The van der Waals surface area contributed by atoms with E-state index in [2.05, 4.69) is 17.4 Å². The highest BCUT2D eigenvalue weighted by atomic mass is 32.2. The molecule has 0 aliphatic carbocycles. The molecule has 1 heterocycles. The van der Waals surface area contributed by atoms with E-state index in [9.17, 15) is 4.79 Å². The van der Waals surface area contributed by atoms with Gasteiger partial charge >= 0.3 is 0 Å². The molecule has 4 heteroatoms. The SMILES string of the molecule is O=C(CSCc1ccccc1)NC1c2ccccc2Oc2ccccc21. The Morgan fingerprint density at radius 3 is 2.08 bits per heavy atom. The van der Waals surface area contributed by atoms with Crippen molar-refractivity contribution in [2.75, 3.05) is 5.75 Å². The highest BCUT2D eigenvalue weighted by molar-refractivity contribution is 7.99. The van der Waals surface area contributed by atoms with Crippen molar-refractivity contribution < 1.29 is 9.53 Å². The number of benzene rings is 3. The number of para-hydroxylation sites is 2. The van der Waals surface area contributed by atoms with Crippen LogP contribution in [0.25, 0.3) is 0 Å². The molecule has 0 unspecified atom stereocenters. The number of amides is 1. The molecule has 0 spiro atoms. The Morgan fingerprint density at radius 1 is 0.846 bits per heavy atom. The van der Waals surface area contributed by atoms with E-state index in [1.54, 1.807) is 11.8 Å². The Labute approximate surface area is 157 Å². The van der Waals surface area contributed by atoms with Crippen molar-refractivity contribution in [3.05, 3.63) is 95.6 Å². The molecular formula is C22H19NO2S. The molecule has 3 aromatic carbocycles. The molecule has 1 aliphatic heterocycles. The van der Waals surface area contributed by atoms with Crippen LogP contribution >= 0.6 is 11.8 Å². The van der Waals surface area contributed by atoms with Crippen LogP contribution < -0.4 is 10.1 Å². The number of hydrogen-bond acceptors (Lipinski definition) is 3. The monoisotopic (exact) mass is 361 g/mol. The molecule has 0 saturated heterocycles. The molecule has 0 bridgehead atoms. The van der Waals surface area contributed by atoms with Crippen LogP contribution in [0.15, 0.2) is 78.9 Å². The van der Waals surface area contributed by atoms with Gasteiger partial charge in [0.1, 0.15) is 11.5 Å². The molecule has 0 atom stereocenters. The largest absolute Gasteiger partial charge is 0.457 e. The minimum absolute atomic E-state index is 0.0300. The summed E-state index contributed by atoms with van der Waals surface area (Å²) in [5, 5.41) is 3.18. The smallest absolute Gasteiger partial charge is 0.230 e. The first-order valence-corrected chi connectivity index (χ1v) is 9.73. The highest BCUT2D eigenvalue weighted by Crippen LogP contribution is 2.42. The summed E-state index contributed by atoms with van der Waals surface area (Å²) in [5.41, 5.74) is 3.22. The number of thioether (sulfide) groups is 1. The third kappa shape index (κ3) is 3.60. The van der Waals surface area contributed by atoms with Gasteiger partial charge in [0.2, 0.25) is 5.91 Å². The van der Waals surface area contributed by atoms with E-state index in [1.807, 2.05) is 66.7 Å². The first-order chi connectivity index (χ1) is 12.8. The number of nitrogens with one attached hydrogen (secondary N) is 1. The van der Waals surface area contributed by atoms with Crippen molar-refractivity contribution >= 4 is 17.7 Å². The van der Waals surface area contributed by atoms with Crippen LogP contribution in [0.2, 0.25) is 0 Å². The molecule has 26 heavy (non-hydrogen) atoms. The van der Waals surface area contributed by atoms with Crippen LogP contribution in [0.4, 0.5) is 0 Å². The fourth-order valence-corrected chi connectivity index (χ4v) is 3.90. The van der Waals surface area contributed by atoms with E-state index in [4.69, 9.17) is 4.74 Å². The van der Waals surface area contributed by atoms with Gasteiger partial charge in [0.15, 0.2) is 0 Å². The third-order valence-electron chi connectivity index (χ3n) is 4.33. The van der Waals surface area contributed by atoms with Gasteiger partial charge < -0.3 is 10.1 Å². The molecular weight excluding hydrogens is 342 g/mol. The van der Waals surface area contributed by atoms with Crippen LogP contribution in [0, 0.1) is 0 Å². The average molecular weight is 361 g/mol. The zero-order valence-corrected chi connectivity index (χ0v) is 15.0. The zero-order valence-electron chi connectivity index (χ0n) is 14.2. The van der Waals surface area contributed by atoms with E-state index >= 15 is 0 Å². The lowest BCUT2D eigenvalue weighted by molar-refractivity contribution is -0.119. The molecule has 3 nitrogen and oxygen atoms in total. The number of hydrogen-bond donors (Lipinski definition) is 1. The lowest BCUT2D eigenvalue weighted by Gasteiger charge is -2.28. The Kier molecular flexibility index (Phi) is 4.93. The summed E-state index contributed by atoms with van der Waals surface area (Å²) in [5.74, 6) is 2.88. The van der Waals surface area contributed by atoms with Gasteiger partial charge in [0, 0.05) is 16.9 Å². The van der Waals surface area contributed by atoms with E-state index in [-0.39, 0.29) is 11.9 Å². The summed E-state index contributed by atoms with van der Waals surface area (Å²) in [6.07, 6.45) is 0. The van der Waals surface area contributed by atoms with Gasteiger partial charge in [-0.3, -0.25) is 4.79 Å². The average Bonchev–Trinajstić information content (AvgIpc) is 2.68. The second kappa shape index (κ2) is 7.67. The van der Waals surface area contributed by atoms with Gasteiger partial charge in [-0.05, 0) is 17.7 Å². The predicted molar refractivity (Wildman–Crippen MR) is 106 cm³/mol. The minimum Gasteiger partial charge on any atom is -0.457 e. The Morgan fingerprint density at radius 2 is 1.42 bits per heavy atom. The van der Waals surface area contributed by atoms with Crippen molar-refractivity contribution in [1.82, 2.24) is 5.32 Å². The second-order valence-electron chi connectivity index (χ2n) is 6.16. The molecule has 0 aromatic heterocycles. The van der Waals surface area contributed by atoms with Gasteiger partial charge in [-0.25, -0.2) is 0 Å². The fraction of sp³-hybridized carbons (Fsp3) is 0.136. The van der Waals surface area contributed by atoms with Crippen LogP contribution in [-0.4, -0.2) is 11.7 Å². The minimum atomic E-state index is -0.180. The van der Waals surface area contributed by atoms with Crippen molar-refractivity contribution in [3.8, 4) is 11.5 Å². The van der Waals surface area contributed by atoms with Gasteiger partial charge in [0.25, 0.3) is 0 Å².